The molecular weight excluding hydrogens is 302 g/mol. The van der Waals surface area contributed by atoms with Crippen molar-refractivity contribution in [2.24, 2.45) is 0 Å². The molecule has 128 valence electrons. The van der Waals surface area contributed by atoms with E-state index in [0.717, 1.165) is 6.54 Å². The summed E-state index contributed by atoms with van der Waals surface area (Å²) in [5.74, 6) is 0. The topological polar surface area (TPSA) is 3.88 Å². The van der Waals surface area contributed by atoms with Gasteiger partial charge in [-0.2, -0.15) is 0 Å². The average molecular weight is 330 g/mol. The Balaban J connectivity index is 1.93. The second-order valence-corrected chi connectivity index (χ2v) is 7.97. The summed E-state index contributed by atoms with van der Waals surface area (Å²) in [6.07, 6.45) is 4.40. The first-order valence-electron chi connectivity index (χ1n) is 9.00. The molecule has 1 heteroatoms. The van der Waals surface area contributed by atoms with E-state index in [-0.39, 0.29) is 5.41 Å². The Morgan fingerprint density at radius 3 is 2.00 bits per heavy atom. The molecule has 0 amide bonds. The Morgan fingerprint density at radius 1 is 0.800 bits per heavy atom. The molecular formula is C24H28N+. The van der Waals surface area contributed by atoms with E-state index < -0.39 is 0 Å². The first-order chi connectivity index (χ1) is 11.8. The zero-order chi connectivity index (χ0) is 18.0. The van der Waals surface area contributed by atoms with Crippen LogP contribution < -0.4 is 4.57 Å². The number of nitrogens with zero attached hydrogens (tertiary/aromatic N) is 1. The zero-order valence-electron chi connectivity index (χ0n) is 16.0. The van der Waals surface area contributed by atoms with Crippen molar-refractivity contribution < 1.29 is 4.57 Å². The number of benzene rings is 2. The minimum atomic E-state index is 0.189. The van der Waals surface area contributed by atoms with Crippen molar-refractivity contribution >= 4 is 0 Å². The molecule has 3 rings (SSSR count). The molecule has 0 aliphatic carbocycles. The van der Waals surface area contributed by atoms with Crippen LogP contribution in [0, 0.1) is 13.8 Å². The van der Waals surface area contributed by atoms with Gasteiger partial charge in [-0.1, -0.05) is 63.2 Å². The minimum Gasteiger partial charge on any atom is -0.200 e. The standard InChI is InChI=1S/C24H28N/c1-18-14-22(24(3,4)5)15-19(2)23(18)17-25-13-9-12-21(16-25)20-10-7-6-8-11-20/h6-16H,17H2,1-5H3/q+1. The fourth-order valence-corrected chi connectivity index (χ4v) is 3.28. The van der Waals surface area contributed by atoms with Gasteiger partial charge in [-0.3, -0.25) is 0 Å². The van der Waals surface area contributed by atoms with Gasteiger partial charge in [0.2, 0.25) is 0 Å². The van der Waals surface area contributed by atoms with Crippen LogP contribution in [-0.4, -0.2) is 0 Å². The summed E-state index contributed by atoms with van der Waals surface area (Å²) < 4.78 is 2.29. The molecule has 25 heavy (non-hydrogen) atoms. The lowest BCUT2D eigenvalue weighted by molar-refractivity contribution is -0.688. The third-order valence-corrected chi connectivity index (χ3v) is 4.87. The third-order valence-electron chi connectivity index (χ3n) is 4.87. The maximum atomic E-state index is 2.35. The van der Waals surface area contributed by atoms with Crippen LogP contribution in [0.15, 0.2) is 67.0 Å². The van der Waals surface area contributed by atoms with Crippen LogP contribution >= 0.6 is 0 Å². The van der Waals surface area contributed by atoms with Crippen LogP contribution in [0.4, 0.5) is 0 Å². The van der Waals surface area contributed by atoms with Crippen molar-refractivity contribution in [3.8, 4) is 11.1 Å². The molecule has 1 nitrogen and oxygen atoms in total. The zero-order valence-corrected chi connectivity index (χ0v) is 16.0. The van der Waals surface area contributed by atoms with E-state index in [9.17, 15) is 0 Å². The van der Waals surface area contributed by atoms with Crippen molar-refractivity contribution in [1.29, 1.82) is 0 Å². The van der Waals surface area contributed by atoms with Crippen LogP contribution in [-0.2, 0) is 12.0 Å². The van der Waals surface area contributed by atoms with Gasteiger partial charge in [0.25, 0.3) is 0 Å². The number of aryl methyl sites for hydroxylation is 2. The van der Waals surface area contributed by atoms with Gasteiger partial charge in [0.15, 0.2) is 18.9 Å². The molecule has 0 atom stereocenters. The number of pyridine rings is 1. The van der Waals surface area contributed by atoms with Crippen molar-refractivity contribution in [3.63, 3.8) is 0 Å². The maximum Gasteiger partial charge on any atom is 0.176 e. The normalized spacial score (nSPS) is 11.6. The minimum absolute atomic E-state index is 0.189. The maximum absolute atomic E-state index is 2.35. The van der Waals surface area contributed by atoms with E-state index in [1.165, 1.54) is 33.4 Å². The van der Waals surface area contributed by atoms with E-state index in [1.54, 1.807) is 0 Å². The molecule has 1 heterocycles. The molecule has 0 aliphatic rings. The van der Waals surface area contributed by atoms with E-state index in [1.807, 2.05) is 0 Å². The lowest BCUT2D eigenvalue weighted by Gasteiger charge is -2.21. The largest absolute Gasteiger partial charge is 0.200 e. The first-order valence-corrected chi connectivity index (χ1v) is 9.00. The second-order valence-electron chi connectivity index (χ2n) is 7.97. The fraction of sp³-hybridized carbons (Fsp3) is 0.292. The summed E-state index contributed by atoms with van der Waals surface area (Å²) in [6.45, 7) is 12.2. The van der Waals surface area contributed by atoms with Crippen LogP contribution in [0.5, 0.6) is 0 Å². The summed E-state index contributed by atoms with van der Waals surface area (Å²) in [5.41, 5.74) is 8.29. The predicted octanol–water partition coefficient (Wildman–Crippen LogP) is 5.60. The monoisotopic (exact) mass is 330 g/mol. The molecule has 0 bridgehead atoms. The smallest absolute Gasteiger partial charge is 0.176 e. The van der Waals surface area contributed by atoms with Gasteiger partial charge in [-0.05, 0) is 47.6 Å². The number of rotatable bonds is 3. The lowest BCUT2D eigenvalue weighted by Crippen LogP contribution is -2.34. The molecule has 0 aliphatic heterocycles. The van der Waals surface area contributed by atoms with Gasteiger partial charge in [0.1, 0.15) is 0 Å². The molecule has 2 aromatic carbocycles. The summed E-state index contributed by atoms with van der Waals surface area (Å²) >= 11 is 0. The van der Waals surface area contributed by atoms with Gasteiger partial charge in [-0.15, -0.1) is 0 Å². The van der Waals surface area contributed by atoms with Crippen LogP contribution in [0.3, 0.4) is 0 Å². The van der Waals surface area contributed by atoms with E-state index in [0.29, 0.717) is 0 Å². The van der Waals surface area contributed by atoms with Crippen molar-refractivity contribution in [3.05, 3.63) is 89.2 Å². The molecule has 0 radical (unpaired) electrons. The van der Waals surface area contributed by atoms with Gasteiger partial charge in [-0.25, -0.2) is 4.57 Å². The van der Waals surface area contributed by atoms with E-state index in [2.05, 4.69) is 106 Å². The number of aromatic nitrogens is 1. The highest BCUT2D eigenvalue weighted by molar-refractivity contribution is 5.61. The van der Waals surface area contributed by atoms with Crippen LogP contribution in [0.2, 0.25) is 0 Å². The van der Waals surface area contributed by atoms with E-state index in [4.69, 9.17) is 0 Å². The Hall–Kier alpha value is -2.41. The number of hydrogen-bond acceptors (Lipinski definition) is 0. The molecule has 0 fully saturated rings. The highest BCUT2D eigenvalue weighted by Gasteiger charge is 2.18. The van der Waals surface area contributed by atoms with Gasteiger partial charge >= 0.3 is 0 Å². The summed E-state index contributed by atoms with van der Waals surface area (Å²) in [7, 11) is 0. The van der Waals surface area contributed by atoms with Gasteiger partial charge in [0.05, 0.1) is 0 Å². The SMILES string of the molecule is Cc1cc(C(C)(C)C)cc(C)c1C[n+]1cccc(-c2ccccc2)c1. The molecule has 1 aromatic heterocycles. The highest BCUT2D eigenvalue weighted by atomic mass is 14.9. The third kappa shape index (κ3) is 3.99. The Morgan fingerprint density at radius 2 is 1.40 bits per heavy atom. The van der Waals surface area contributed by atoms with Crippen molar-refractivity contribution in [1.82, 2.24) is 0 Å². The lowest BCUT2D eigenvalue weighted by atomic mass is 9.84. The average Bonchev–Trinajstić information content (AvgIpc) is 2.58. The molecule has 0 saturated carbocycles. The molecule has 3 aromatic rings. The summed E-state index contributed by atoms with van der Waals surface area (Å²) in [5, 5.41) is 0. The molecule has 0 unspecified atom stereocenters. The summed E-state index contributed by atoms with van der Waals surface area (Å²) in [4.78, 5) is 0. The van der Waals surface area contributed by atoms with Crippen LogP contribution in [0.25, 0.3) is 11.1 Å². The Kier molecular flexibility index (Phi) is 4.76. The quantitative estimate of drug-likeness (QED) is 0.550. The van der Waals surface area contributed by atoms with Crippen LogP contribution in [0.1, 0.15) is 43.0 Å². The second kappa shape index (κ2) is 6.84. The fourth-order valence-electron chi connectivity index (χ4n) is 3.28. The van der Waals surface area contributed by atoms with E-state index >= 15 is 0 Å². The molecule has 0 saturated heterocycles. The Labute approximate surface area is 152 Å². The summed E-state index contributed by atoms with van der Waals surface area (Å²) in [6, 6.07) is 19.6. The number of hydrogen-bond donors (Lipinski definition) is 0. The van der Waals surface area contributed by atoms with Gasteiger partial charge < -0.3 is 0 Å². The highest BCUT2D eigenvalue weighted by Crippen LogP contribution is 2.27. The van der Waals surface area contributed by atoms with Crippen molar-refractivity contribution in [2.75, 3.05) is 0 Å². The van der Waals surface area contributed by atoms with Crippen molar-refractivity contribution in [2.45, 2.75) is 46.6 Å². The first kappa shape index (κ1) is 17.4. The molecule has 0 spiro atoms. The van der Waals surface area contributed by atoms with Gasteiger partial charge in [0, 0.05) is 17.2 Å². The molecule has 0 N–H and O–H groups in total. The predicted molar refractivity (Wildman–Crippen MR) is 106 cm³/mol. The Bertz CT molecular complexity index is 847.